The minimum atomic E-state index is -2.99. The highest BCUT2D eigenvalue weighted by molar-refractivity contribution is 7.91. The van der Waals surface area contributed by atoms with Gasteiger partial charge in [-0.25, -0.2) is 8.42 Å². The summed E-state index contributed by atoms with van der Waals surface area (Å²) >= 11 is 0. The van der Waals surface area contributed by atoms with E-state index in [4.69, 9.17) is 5.73 Å². The van der Waals surface area contributed by atoms with E-state index in [2.05, 4.69) is 5.32 Å². The molecule has 1 aliphatic rings. The monoisotopic (exact) mass is 248 g/mol. The van der Waals surface area contributed by atoms with E-state index in [9.17, 15) is 13.2 Å². The van der Waals surface area contributed by atoms with Crippen molar-refractivity contribution in [2.24, 2.45) is 5.73 Å². The maximum absolute atomic E-state index is 11.7. The summed E-state index contributed by atoms with van der Waals surface area (Å²) in [6, 6.07) is -0.277. The van der Waals surface area contributed by atoms with Crippen molar-refractivity contribution in [1.82, 2.24) is 5.32 Å². The van der Waals surface area contributed by atoms with Gasteiger partial charge < -0.3 is 11.1 Å². The SMILES string of the molecule is CCC(C)(N)C(=O)NC1CCCS(=O)(=O)C1. The third kappa shape index (κ3) is 3.45. The van der Waals surface area contributed by atoms with E-state index in [-0.39, 0.29) is 23.5 Å². The van der Waals surface area contributed by atoms with Crippen molar-refractivity contribution in [2.75, 3.05) is 11.5 Å². The van der Waals surface area contributed by atoms with E-state index in [0.717, 1.165) is 0 Å². The first-order chi connectivity index (χ1) is 7.27. The van der Waals surface area contributed by atoms with Crippen LogP contribution in [0.4, 0.5) is 0 Å². The lowest BCUT2D eigenvalue weighted by Gasteiger charge is -2.28. The number of carbonyl (C=O) groups excluding carboxylic acids is 1. The number of sulfone groups is 1. The summed E-state index contributed by atoms with van der Waals surface area (Å²) in [6.45, 7) is 3.48. The molecular formula is C10H20N2O3S. The molecule has 1 saturated heterocycles. The zero-order valence-corrected chi connectivity index (χ0v) is 10.6. The first-order valence-corrected chi connectivity index (χ1v) is 7.39. The number of hydrogen-bond acceptors (Lipinski definition) is 4. The van der Waals surface area contributed by atoms with Gasteiger partial charge in [0.05, 0.1) is 17.0 Å². The summed E-state index contributed by atoms with van der Waals surface area (Å²) in [6.07, 6.45) is 1.85. The largest absolute Gasteiger partial charge is 0.351 e. The molecule has 6 heteroatoms. The Balaban J connectivity index is 2.58. The number of rotatable bonds is 3. The molecule has 1 heterocycles. The van der Waals surface area contributed by atoms with Gasteiger partial charge in [-0.05, 0) is 26.2 Å². The second-order valence-corrected chi connectivity index (χ2v) is 6.93. The van der Waals surface area contributed by atoms with Crippen molar-refractivity contribution in [3.63, 3.8) is 0 Å². The molecule has 3 N–H and O–H groups in total. The second kappa shape index (κ2) is 4.71. The molecule has 0 spiro atoms. The molecule has 2 atom stereocenters. The van der Waals surface area contributed by atoms with Gasteiger partial charge in [-0.2, -0.15) is 0 Å². The summed E-state index contributed by atoms with van der Waals surface area (Å²) in [4.78, 5) is 11.7. The van der Waals surface area contributed by atoms with Crippen molar-refractivity contribution < 1.29 is 13.2 Å². The maximum atomic E-state index is 11.7. The number of nitrogens with two attached hydrogens (primary N) is 1. The lowest BCUT2D eigenvalue weighted by Crippen LogP contribution is -2.55. The van der Waals surface area contributed by atoms with Crippen LogP contribution in [0.15, 0.2) is 0 Å². The molecule has 2 unspecified atom stereocenters. The van der Waals surface area contributed by atoms with E-state index in [1.807, 2.05) is 6.92 Å². The maximum Gasteiger partial charge on any atom is 0.240 e. The fraction of sp³-hybridized carbons (Fsp3) is 0.900. The standard InChI is InChI=1S/C10H20N2O3S/c1-3-10(2,11)9(13)12-8-5-4-6-16(14,15)7-8/h8H,3-7,11H2,1-2H3,(H,12,13). The molecule has 1 amide bonds. The summed E-state index contributed by atoms with van der Waals surface area (Å²) in [7, 11) is -2.99. The topological polar surface area (TPSA) is 89.3 Å². The molecule has 1 aliphatic heterocycles. The van der Waals surface area contributed by atoms with Crippen LogP contribution in [-0.2, 0) is 14.6 Å². The Kier molecular flexibility index (Phi) is 3.96. The van der Waals surface area contributed by atoms with Gasteiger partial charge in [0.25, 0.3) is 0 Å². The third-order valence-corrected chi connectivity index (χ3v) is 4.87. The number of amides is 1. The van der Waals surface area contributed by atoms with Gasteiger partial charge in [0.1, 0.15) is 0 Å². The molecule has 0 aliphatic carbocycles. The van der Waals surface area contributed by atoms with E-state index in [1.54, 1.807) is 6.92 Å². The first kappa shape index (κ1) is 13.4. The Hall–Kier alpha value is -0.620. The summed E-state index contributed by atoms with van der Waals surface area (Å²) in [5, 5.41) is 2.72. The molecule has 0 radical (unpaired) electrons. The number of nitrogens with one attached hydrogen (secondary N) is 1. The highest BCUT2D eigenvalue weighted by Gasteiger charge is 2.31. The van der Waals surface area contributed by atoms with Gasteiger partial charge in [0, 0.05) is 6.04 Å². The fourth-order valence-corrected chi connectivity index (χ4v) is 3.28. The van der Waals surface area contributed by atoms with Crippen molar-refractivity contribution in [3.05, 3.63) is 0 Å². The van der Waals surface area contributed by atoms with E-state index < -0.39 is 15.4 Å². The third-order valence-electron chi connectivity index (χ3n) is 3.05. The van der Waals surface area contributed by atoms with Gasteiger partial charge in [-0.15, -0.1) is 0 Å². The minimum Gasteiger partial charge on any atom is -0.351 e. The second-order valence-electron chi connectivity index (χ2n) is 4.70. The van der Waals surface area contributed by atoms with Crippen molar-refractivity contribution in [3.8, 4) is 0 Å². The van der Waals surface area contributed by atoms with E-state index in [0.29, 0.717) is 19.3 Å². The Morgan fingerprint density at radius 3 is 2.69 bits per heavy atom. The lowest BCUT2D eigenvalue weighted by atomic mass is 9.99. The summed E-state index contributed by atoms with van der Waals surface area (Å²) < 4.78 is 22.8. The molecule has 0 aromatic carbocycles. The van der Waals surface area contributed by atoms with Crippen LogP contribution in [0, 0.1) is 0 Å². The predicted octanol–water partition coefficient (Wildman–Crippen LogP) is -0.193. The van der Waals surface area contributed by atoms with E-state index >= 15 is 0 Å². The molecule has 0 aromatic rings. The number of carbonyl (C=O) groups is 1. The zero-order valence-electron chi connectivity index (χ0n) is 9.82. The molecule has 5 nitrogen and oxygen atoms in total. The van der Waals surface area contributed by atoms with Crippen molar-refractivity contribution in [1.29, 1.82) is 0 Å². The quantitative estimate of drug-likeness (QED) is 0.724. The van der Waals surface area contributed by atoms with Crippen LogP contribution in [0.25, 0.3) is 0 Å². The highest BCUT2D eigenvalue weighted by Crippen LogP contribution is 2.13. The van der Waals surface area contributed by atoms with Crippen LogP contribution in [0.1, 0.15) is 33.1 Å². The van der Waals surface area contributed by atoms with Crippen LogP contribution >= 0.6 is 0 Å². The Bertz CT molecular complexity index is 362. The molecule has 0 aromatic heterocycles. The first-order valence-electron chi connectivity index (χ1n) is 5.57. The van der Waals surface area contributed by atoms with E-state index in [1.165, 1.54) is 0 Å². The van der Waals surface area contributed by atoms with Gasteiger partial charge >= 0.3 is 0 Å². The Morgan fingerprint density at radius 1 is 1.56 bits per heavy atom. The average molecular weight is 248 g/mol. The van der Waals surface area contributed by atoms with Gasteiger partial charge in [-0.3, -0.25) is 4.79 Å². The van der Waals surface area contributed by atoms with Gasteiger partial charge in [0.2, 0.25) is 5.91 Å². The Morgan fingerprint density at radius 2 is 2.19 bits per heavy atom. The average Bonchev–Trinajstić information content (AvgIpc) is 2.16. The molecule has 1 fully saturated rings. The highest BCUT2D eigenvalue weighted by atomic mass is 32.2. The van der Waals surface area contributed by atoms with Crippen LogP contribution in [0.5, 0.6) is 0 Å². The van der Waals surface area contributed by atoms with Crippen LogP contribution < -0.4 is 11.1 Å². The smallest absolute Gasteiger partial charge is 0.240 e. The zero-order chi connectivity index (χ0) is 12.4. The van der Waals surface area contributed by atoms with Crippen LogP contribution in [0.3, 0.4) is 0 Å². The van der Waals surface area contributed by atoms with Crippen molar-refractivity contribution >= 4 is 15.7 Å². The molecule has 1 rings (SSSR count). The normalized spacial score (nSPS) is 28.1. The molecule has 0 saturated carbocycles. The molecule has 0 bridgehead atoms. The molecular weight excluding hydrogens is 228 g/mol. The van der Waals surface area contributed by atoms with Gasteiger partial charge in [-0.1, -0.05) is 6.92 Å². The van der Waals surface area contributed by atoms with Crippen molar-refractivity contribution in [2.45, 2.75) is 44.7 Å². The van der Waals surface area contributed by atoms with Crippen LogP contribution in [0.2, 0.25) is 0 Å². The fourth-order valence-electron chi connectivity index (χ4n) is 1.65. The molecule has 94 valence electrons. The van der Waals surface area contributed by atoms with Crippen LogP contribution in [-0.4, -0.2) is 37.4 Å². The Labute approximate surface area is 96.7 Å². The van der Waals surface area contributed by atoms with Gasteiger partial charge in [0.15, 0.2) is 9.84 Å². The lowest BCUT2D eigenvalue weighted by molar-refractivity contribution is -0.126. The summed E-state index contributed by atoms with van der Waals surface area (Å²) in [5.74, 6) is 0.00285. The minimum absolute atomic E-state index is 0.0402. The summed E-state index contributed by atoms with van der Waals surface area (Å²) in [5.41, 5.74) is 4.87. The predicted molar refractivity (Wildman–Crippen MR) is 62.7 cm³/mol. The number of hydrogen-bond donors (Lipinski definition) is 2. The molecule has 16 heavy (non-hydrogen) atoms.